The molecule has 1 aliphatic carbocycles. The van der Waals surface area contributed by atoms with Crippen molar-refractivity contribution < 1.29 is 45.8 Å². The molecular formula is C29H32F6N2O4. The molecule has 0 aromatic heterocycles. The fourth-order valence-corrected chi connectivity index (χ4v) is 5.79. The van der Waals surface area contributed by atoms with E-state index in [1.54, 1.807) is 4.90 Å². The molecule has 0 bridgehead atoms. The molecule has 1 aliphatic heterocycles. The first-order valence-corrected chi connectivity index (χ1v) is 13.5. The maximum atomic E-state index is 13.4. The lowest BCUT2D eigenvalue weighted by Gasteiger charge is -2.41. The predicted molar refractivity (Wildman–Crippen MR) is 137 cm³/mol. The number of alkyl halides is 6. The summed E-state index contributed by atoms with van der Waals surface area (Å²) in [5.74, 6) is -0.645. The van der Waals surface area contributed by atoms with Crippen molar-refractivity contribution in [1.29, 1.82) is 0 Å². The summed E-state index contributed by atoms with van der Waals surface area (Å²) in [5.41, 5.74) is -2.18. The molecule has 0 spiro atoms. The minimum absolute atomic E-state index is 0.0427. The highest BCUT2D eigenvalue weighted by atomic mass is 19.4. The molecule has 224 valence electrons. The molecule has 2 aromatic carbocycles. The number of amides is 2. The van der Waals surface area contributed by atoms with Gasteiger partial charge in [0.2, 0.25) is 5.91 Å². The van der Waals surface area contributed by atoms with E-state index in [1.165, 1.54) is 6.92 Å². The average Bonchev–Trinajstić information content (AvgIpc) is 2.92. The van der Waals surface area contributed by atoms with Gasteiger partial charge in [0.1, 0.15) is 0 Å². The number of hydrogen-bond acceptors (Lipinski definition) is 3. The number of halogens is 6. The van der Waals surface area contributed by atoms with Gasteiger partial charge in [-0.2, -0.15) is 26.3 Å². The Morgan fingerprint density at radius 3 is 2.05 bits per heavy atom. The van der Waals surface area contributed by atoms with Crippen LogP contribution in [0.2, 0.25) is 0 Å². The van der Waals surface area contributed by atoms with E-state index in [1.807, 2.05) is 30.3 Å². The van der Waals surface area contributed by atoms with Crippen LogP contribution in [0.5, 0.6) is 0 Å². The van der Waals surface area contributed by atoms with Gasteiger partial charge in [-0.05, 0) is 68.4 Å². The third kappa shape index (κ3) is 7.72. The van der Waals surface area contributed by atoms with Gasteiger partial charge in [-0.3, -0.25) is 4.79 Å². The second-order valence-corrected chi connectivity index (χ2v) is 10.7. The smallest absolute Gasteiger partial charge is 0.416 e. The van der Waals surface area contributed by atoms with E-state index in [0.29, 0.717) is 50.8 Å². The van der Waals surface area contributed by atoms with Crippen molar-refractivity contribution >= 4 is 12.0 Å². The lowest BCUT2D eigenvalue weighted by atomic mass is 9.83. The summed E-state index contributed by atoms with van der Waals surface area (Å²) in [6.45, 7) is 2.03. The Morgan fingerprint density at radius 2 is 1.51 bits per heavy atom. The van der Waals surface area contributed by atoms with Crippen LogP contribution in [0.15, 0.2) is 48.5 Å². The van der Waals surface area contributed by atoms with Crippen LogP contribution in [0, 0.1) is 5.92 Å². The van der Waals surface area contributed by atoms with E-state index >= 15 is 0 Å². The number of piperidine rings is 1. The van der Waals surface area contributed by atoms with Crippen molar-refractivity contribution in [3.8, 4) is 0 Å². The topological polar surface area (TPSA) is 78.9 Å². The zero-order valence-electron chi connectivity index (χ0n) is 22.3. The van der Waals surface area contributed by atoms with Gasteiger partial charge in [-0.15, -0.1) is 0 Å². The predicted octanol–water partition coefficient (Wildman–Crippen LogP) is 7.01. The molecule has 6 nitrogen and oxygen atoms in total. The van der Waals surface area contributed by atoms with E-state index in [2.05, 4.69) is 5.32 Å². The molecule has 2 aliphatic rings. The summed E-state index contributed by atoms with van der Waals surface area (Å²) in [6.07, 6.45) is -10.1. The molecule has 0 radical (unpaired) electrons. The number of carboxylic acid groups (broad SMARTS) is 1. The fourth-order valence-electron chi connectivity index (χ4n) is 5.79. The third-order valence-corrected chi connectivity index (χ3v) is 7.95. The zero-order chi connectivity index (χ0) is 29.9. The van der Waals surface area contributed by atoms with Crippen molar-refractivity contribution in [2.45, 2.75) is 75.5 Å². The SMILES string of the molecule is CC(OC1CCN(C(=O)[C@H]2CC[C@H](NC(=O)O)CC2)CC1c1ccccc1)c1cc(C(F)(F)F)cc(C(F)(F)F)c1. The van der Waals surface area contributed by atoms with E-state index < -0.39 is 41.8 Å². The van der Waals surface area contributed by atoms with Crippen LogP contribution in [0.3, 0.4) is 0 Å². The first kappa shape index (κ1) is 30.7. The second kappa shape index (κ2) is 12.3. The van der Waals surface area contributed by atoms with Crippen LogP contribution in [0.1, 0.15) is 73.3 Å². The molecule has 2 fully saturated rings. The molecule has 1 saturated carbocycles. The van der Waals surface area contributed by atoms with Gasteiger partial charge in [0.05, 0.1) is 23.3 Å². The van der Waals surface area contributed by atoms with Gasteiger partial charge in [0, 0.05) is 31.0 Å². The Morgan fingerprint density at radius 1 is 0.927 bits per heavy atom. The molecule has 12 heteroatoms. The Bertz CT molecular complexity index is 1180. The highest BCUT2D eigenvalue weighted by molar-refractivity contribution is 5.79. The van der Waals surface area contributed by atoms with Crippen LogP contribution < -0.4 is 5.32 Å². The molecule has 4 rings (SSSR count). The van der Waals surface area contributed by atoms with Crippen molar-refractivity contribution in [2.24, 2.45) is 5.92 Å². The van der Waals surface area contributed by atoms with E-state index in [0.717, 1.165) is 5.56 Å². The van der Waals surface area contributed by atoms with Crippen LogP contribution in [-0.4, -0.2) is 47.2 Å². The summed E-state index contributed by atoms with van der Waals surface area (Å²) in [6, 6.07) is 10.4. The van der Waals surface area contributed by atoms with Gasteiger partial charge in [-0.1, -0.05) is 30.3 Å². The Hall–Kier alpha value is -3.28. The molecule has 41 heavy (non-hydrogen) atoms. The monoisotopic (exact) mass is 586 g/mol. The molecule has 3 atom stereocenters. The normalized spacial score (nSPS) is 24.5. The van der Waals surface area contributed by atoms with E-state index in [9.17, 15) is 35.9 Å². The molecule has 2 amide bonds. The van der Waals surface area contributed by atoms with Crippen LogP contribution >= 0.6 is 0 Å². The third-order valence-electron chi connectivity index (χ3n) is 7.95. The zero-order valence-corrected chi connectivity index (χ0v) is 22.3. The van der Waals surface area contributed by atoms with Gasteiger partial charge in [0.15, 0.2) is 0 Å². The Balaban J connectivity index is 1.51. The summed E-state index contributed by atoms with van der Waals surface area (Å²) in [7, 11) is 0. The maximum Gasteiger partial charge on any atom is 0.416 e. The number of nitrogens with zero attached hydrogens (tertiary/aromatic N) is 1. The molecule has 1 heterocycles. The summed E-state index contributed by atoms with van der Waals surface area (Å²) in [4.78, 5) is 26.1. The lowest BCUT2D eigenvalue weighted by Crippen LogP contribution is -2.49. The first-order valence-electron chi connectivity index (χ1n) is 13.5. The molecule has 3 unspecified atom stereocenters. The van der Waals surface area contributed by atoms with Crippen molar-refractivity contribution in [3.63, 3.8) is 0 Å². The average molecular weight is 587 g/mol. The van der Waals surface area contributed by atoms with Gasteiger partial charge in [-0.25, -0.2) is 4.79 Å². The molecular weight excluding hydrogens is 554 g/mol. The quantitative estimate of drug-likeness (QED) is 0.357. The number of likely N-dealkylation sites (tertiary alicyclic amines) is 1. The highest BCUT2D eigenvalue weighted by Gasteiger charge is 2.40. The van der Waals surface area contributed by atoms with Gasteiger partial charge >= 0.3 is 18.4 Å². The van der Waals surface area contributed by atoms with E-state index in [-0.39, 0.29) is 42.0 Å². The minimum atomic E-state index is -4.96. The number of hydrogen-bond donors (Lipinski definition) is 2. The molecule has 2 N–H and O–H groups in total. The maximum absolute atomic E-state index is 13.4. The summed E-state index contributed by atoms with van der Waals surface area (Å²) >= 11 is 0. The van der Waals surface area contributed by atoms with Crippen LogP contribution in [0.4, 0.5) is 31.1 Å². The van der Waals surface area contributed by atoms with Crippen LogP contribution in [-0.2, 0) is 21.9 Å². The summed E-state index contributed by atoms with van der Waals surface area (Å²) < 4.78 is 86.7. The van der Waals surface area contributed by atoms with Crippen molar-refractivity contribution in [1.82, 2.24) is 10.2 Å². The number of carbonyl (C=O) groups excluding carboxylic acids is 1. The number of carbonyl (C=O) groups is 2. The fraction of sp³-hybridized carbons (Fsp3) is 0.517. The standard InChI is InChI=1S/C29H32F6N2O4/c1-17(20-13-21(28(30,31)32)15-22(14-20)29(33,34)35)41-25-11-12-37(16-24(25)18-5-3-2-4-6-18)26(38)19-7-9-23(10-8-19)36-27(39)40/h2-6,13-15,17,19,23-25,36H,7-12,16H2,1H3,(H,39,40)/t17?,19-,23-,24?,25?. The minimum Gasteiger partial charge on any atom is -0.465 e. The van der Waals surface area contributed by atoms with Crippen molar-refractivity contribution in [2.75, 3.05) is 13.1 Å². The molecule has 2 aromatic rings. The first-order chi connectivity index (χ1) is 19.2. The van der Waals surface area contributed by atoms with Gasteiger partial charge in [0.25, 0.3) is 0 Å². The highest BCUT2D eigenvalue weighted by Crippen LogP contribution is 2.40. The summed E-state index contributed by atoms with van der Waals surface area (Å²) in [5, 5.41) is 11.4. The number of rotatable bonds is 6. The number of ether oxygens (including phenoxy) is 1. The Labute approximate surface area is 233 Å². The van der Waals surface area contributed by atoms with Gasteiger partial charge < -0.3 is 20.1 Å². The van der Waals surface area contributed by atoms with Crippen LogP contribution in [0.25, 0.3) is 0 Å². The largest absolute Gasteiger partial charge is 0.465 e. The second-order valence-electron chi connectivity index (χ2n) is 10.7. The Kier molecular flexibility index (Phi) is 9.20. The number of nitrogens with one attached hydrogen (secondary N) is 1. The number of benzene rings is 2. The molecule has 1 saturated heterocycles. The lowest BCUT2D eigenvalue weighted by molar-refractivity contribution is -0.143. The van der Waals surface area contributed by atoms with E-state index in [4.69, 9.17) is 9.84 Å². The van der Waals surface area contributed by atoms with Crippen molar-refractivity contribution in [3.05, 3.63) is 70.8 Å².